The Morgan fingerprint density at radius 1 is 1.29 bits per heavy atom. The van der Waals surface area contributed by atoms with Crippen LogP contribution in [0.25, 0.3) is 0 Å². The van der Waals surface area contributed by atoms with E-state index in [2.05, 4.69) is 47.2 Å². The summed E-state index contributed by atoms with van der Waals surface area (Å²) < 4.78 is 11.7. The number of hydrogen-bond donors (Lipinski definition) is 1. The lowest BCUT2D eigenvalue weighted by atomic mass is 9.86. The van der Waals surface area contributed by atoms with Crippen LogP contribution in [0.1, 0.15) is 32.8 Å². The van der Waals surface area contributed by atoms with Crippen LogP contribution in [-0.4, -0.2) is 33.4 Å². The van der Waals surface area contributed by atoms with Crippen molar-refractivity contribution in [2.75, 3.05) is 33.4 Å². The van der Waals surface area contributed by atoms with Crippen molar-refractivity contribution < 1.29 is 9.47 Å². The molecule has 1 N–H and O–H groups in total. The second kappa shape index (κ2) is 9.44. The first-order valence-electron chi connectivity index (χ1n) is 7.59. The van der Waals surface area contributed by atoms with Crippen LogP contribution in [0.3, 0.4) is 0 Å². The highest BCUT2D eigenvalue weighted by Crippen LogP contribution is 2.28. The van der Waals surface area contributed by atoms with Crippen LogP contribution in [0.4, 0.5) is 0 Å². The van der Waals surface area contributed by atoms with E-state index in [-0.39, 0.29) is 5.41 Å². The number of rotatable bonds is 10. The first-order valence-corrected chi connectivity index (χ1v) is 8.38. The Bertz CT molecular complexity index is 421. The Hall–Kier alpha value is -0.580. The van der Waals surface area contributed by atoms with Gasteiger partial charge in [0.2, 0.25) is 0 Å². The minimum atomic E-state index is 0.270. The molecular formula is C17H28BrNO2. The van der Waals surface area contributed by atoms with Crippen LogP contribution < -0.4 is 10.1 Å². The van der Waals surface area contributed by atoms with Gasteiger partial charge in [-0.2, -0.15) is 0 Å². The third-order valence-corrected chi connectivity index (χ3v) is 4.23. The summed E-state index contributed by atoms with van der Waals surface area (Å²) in [5, 5.41) is 3.45. The van der Waals surface area contributed by atoms with E-state index in [1.807, 2.05) is 13.0 Å². The summed E-state index contributed by atoms with van der Waals surface area (Å²) in [6.07, 6.45) is 2.20. The zero-order valence-corrected chi connectivity index (χ0v) is 15.3. The van der Waals surface area contributed by atoms with Crippen molar-refractivity contribution in [3.63, 3.8) is 0 Å². The van der Waals surface area contributed by atoms with Crippen LogP contribution in [0.2, 0.25) is 0 Å². The molecule has 1 aromatic rings. The van der Waals surface area contributed by atoms with Crippen molar-refractivity contribution in [3.8, 4) is 5.75 Å². The monoisotopic (exact) mass is 357 g/mol. The Labute approximate surface area is 137 Å². The fourth-order valence-electron chi connectivity index (χ4n) is 2.15. The van der Waals surface area contributed by atoms with E-state index in [1.165, 1.54) is 5.56 Å². The molecule has 0 unspecified atom stereocenters. The third-order valence-electron chi connectivity index (χ3n) is 3.49. The van der Waals surface area contributed by atoms with Gasteiger partial charge < -0.3 is 14.8 Å². The summed E-state index contributed by atoms with van der Waals surface area (Å²) in [6, 6.07) is 6.26. The van der Waals surface area contributed by atoms with E-state index in [1.54, 1.807) is 7.11 Å². The van der Waals surface area contributed by atoms with Gasteiger partial charge in [-0.05, 0) is 42.9 Å². The minimum absolute atomic E-state index is 0.270. The topological polar surface area (TPSA) is 30.5 Å². The summed E-state index contributed by atoms with van der Waals surface area (Å²) in [4.78, 5) is 0. The number of ether oxygens (including phenoxy) is 2. The first kappa shape index (κ1) is 18.5. The van der Waals surface area contributed by atoms with Crippen molar-refractivity contribution >= 4 is 15.9 Å². The van der Waals surface area contributed by atoms with Crippen molar-refractivity contribution in [1.29, 1.82) is 0 Å². The Morgan fingerprint density at radius 2 is 2.05 bits per heavy atom. The van der Waals surface area contributed by atoms with Gasteiger partial charge in [0.15, 0.2) is 0 Å². The molecule has 3 nitrogen and oxygen atoms in total. The second-order valence-corrected chi connectivity index (χ2v) is 6.87. The van der Waals surface area contributed by atoms with Gasteiger partial charge in [-0.1, -0.05) is 35.8 Å². The van der Waals surface area contributed by atoms with E-state index in [9.17, 15) is 0 Å². The van der Waals surface area contributed by atoms with Gasteiger partial charge >= 0.3 is 0 Å². The van der Waals surface area contributed by atoms with E-state index in [0.29, 0.717) is 6.61 Å². The van der Waals surface area contributed by atoms with Crippen molar-refractivity contribution in [2.45, 2.75) is 33.6 Å². The van der Waals surface area contributed by atoms with Gasteiger partial charge in [0.05, 0.1) is 13.2 Å². The molecule has 0 aliphatic carbocycles. The van der Waals surface area contributed by atoms with Gasteiger partial charge in [-0.15, -0.1) is 0 Å². The van der Waals surface area contributed by atoms with Gasteiger partial charge in [0.25, 0.3) is 0 Å². The van der Waals surface area contributed by atoms with Gasteiger partial charge in [-0.25, -0.2) is 0 Å². The highest BCUT2D eigenvalue weighted by molar-refractivity contribution is 9.10. The zero-order chi connectivity index (χ0) is 15.7. The molecular weight excluding hydrogens is 330 g/mol. The molecule has 0 fully saturated rings. The number of hydrogen-bond acceptors (Lipinski definition) is 3. The molecule has 0 saturated carbocycles. The van der Waals surface area contributed by atoms with Crippen LogP contribution in [0.5, 0.6) is 5.75 Å². The smallest absolute Gasteiger partial charge is 0.120 e. The Balaban J connectivity index is 2.46. The molecule has 0 spiro atoms. The van der Waals surface area contributed by atoms with Crippen LogP contribution in [-0.2, 0) is 11.2 Å². The predicted octanol–water partition coefficient (Wildman–Crippen LogP) is 4.04. The number of nitrogens with one attached hydrogen (secondary N) is 1. The summed E-state index contributed by atoms with van der Waals surface area (Å²) in [5.74, 6) is 0.925. The molecule has 0 radical (unpaired) electrons. The standard InChI is InChI=1S/C17H28BrNO2/c1-5-21-15-7-6-14(16(18)12-15)8-9-17(2,3)13-19-10-11-20-4/h6-7,12,19H,5,8-11,13H2,1-4H3. The van der Waals surface area contributed by atoms with Crippen LogP contribution >= 0.6 is 15.9 Å². The van der Waals surface area contributed by atoms with E-state index < -0.39 is 0 Å². The largest absolute Gasteiger partial charge is 0.494 e. The maximum atomic E-state index is 5.51. The molecule has 4 heteroatoms. The lowest BCUT2D eigenvalue weighted by Gasteiger charge is -2.25. The van der Waals surface area contributed by atoms with Gasteiger partial charge in [-0.3, -0.25) is 0 Å². The highest BCUT2D eigenvalue weighted by atomic mass is 79.9. The maximum absolute atomic E-state index is 5.51. The summed E-state index contributed by atoms with van der Waals surface area (Å²) in [6.45, 7) is 9.98. The molecule has 0 saturated heterocycles. The lowest BCUT2D eigenvalue weighted by Crippen LogP contribution is -2.32. The van der Waals surface area contributed by atoms with Crippen molar-refractivity contribution in [1.82, 2.24) is 5.32 Å². The molecule has 0 aromatic heterocycles. The van der Waals surface area contributed by atoms with Crippen molar-refractivity contribution in [3.05, 3.63) is 28.2 Å². The molecule has 1 rings (SSSR count). The van der Waals surface area contributed by atoms with Crippen LogP contribution in [0, 0.1) is 5.41 Å². The predicted molar refractivity (Wildman–Crippen MR) is 92.2 cm³/mol. The fraction of sp³-hybridized carbons (Fsp3) is 0.647. The number of benzene rings is 1. The number of halogens is 1. The molecule has 0 aliphatic heterocycles. The SMILES string of the molecule is CCOc1ccc(CCC(C)(C)CNCCOC)c(Br)c1. The summed E-state index contributed by atoms with van der Waals surface area (Å²) in [5.41, 5.74) is 1.61. The molecule has 0 aliphatic rings. The minimum Gasteiger partial charge on any atom is -0.494 e. The van der Waals surface area contributed by atoms with E-state index in [4.69, 9.17) is 9.47 Å². The van der Waals surface area contributed by atoms with Crippen LogP contribution in [0.15, 0.2) is 22.7 Å². The second-order valence-electron chi connectivity index (χ2n) is 6.02. The lowest BCUT2D eigenvalue weighted by molar-refractivity contribution is 0.193. The fourth-order valence-corrected chi connectivity index (χ4v) is 2.71. The molecule has 0 amide bonds. The number of aryl methyl sites for hydroxylation is 1. The van der Waals surface area contributed by atoms with E-state index in [0.717, 1.165) is 42.8 Å². The average Bonchev–Trinajstić information content (AvgIpc) is 2.43. The van der Waals surface area contributed by atoms with Gasteiger partial charge in [0.1, 0.15) is 5.75 Å². The quantitative estimate of drug-likeness (QED) is 0.641. The van der Waals surface area contributed by atoms with E-state index >= 15 is 0 Å². The highest BCUT2D eigenvalue weighted by Gasteiger charge is 2.17. The zero-order valence-electron chi connectivity index (χ0n) is 13.7. The summed E-state index contributed by atoms with van der Waals surface area (Å²) in [7, 11) is 1.73. The third kappa shape index (κ3) is 7.30. The summed E-state index contributed by atoms with van der Waals surface area (Å²) >= 11 is 3.65. The molecule has 120 valence electrons. The number of methoxy groups -OCH3 is 1. The molecule has 0 bridgehead atoms. The maximum Gasteiger partial charge on any atom is 0.120 e. The Morgan fingerprint density at radius 3 is 2.67 bits per heavy atom. The Kier molecular flexibility index (Phi) is 8.30. The average molecular weight is 358 g/mol. The molecule has 0 heterocycles. The molecule has 1 aromatic carbocycles. The molecule has 21 heavy (non-hydrogen) atoms. The first-order chi connectivity index (χ1) is 9.98. The van der Waals surface area contributed by atoms with Gasteiger partial charge in [0, 0.05) is 24.7 Å². The van der Waals surface area contributed by atoms with Crippen molar-refractivity contribution in [2.24, 2.45) is 5.41 Å². The normalized spacial score (nSPS) is 11.7. The molecule has 0 atom stereocenters.